The predicted molar refractivity (Wildman–Crippen MR) is 72.7 cm³/mol. The molecular formula is C13H19NO5S. The second-order valence-corrected chi connectivity index (χ2v) is 6.92. The summed E-state index contributed by atoms with van der Waals surface area (Å²) in [4.78, 5) is 11.2. The lowest BCUT2D eigenvalue weighted by Gasteiger charge is -2.03. The van der Waals surface area contributed by atoms with Crippen molar-refractivity contribution < 1.29 is 22.4 Å². The third-order valence-electron chi connectivity index (χ3n) is 2.86. The van der Waals surface area contributed by atoms with Crippen molar-refractivity contribution in [2.75, 3.05) is 12.4 Å². The van der Waals surface area contributed by atoms with E-state index in [1.807, 2.05) is 0 Å². The number of hydrogen-bond acceptors (Lipinski definition) is 6. The largest absolute Gasteiger partial charge is 0.465 e. The van der Waals surface area contributed by atoms with Crippen LogP contribution in [0, 0.1) is 0 Å². The second kappa shape index (κ2) is 6.41. The Bertz CT molecular complexity index is 559. The first-order chi connectivity index (χ1) is 9.48. The van der Waals surface area contributed by atoms with Crippen LogP contribution in [0.15, 0.2) is 16.5 Å². The lowest BCUT2D eigenvalue weighted by Crippen LogP contribution is -2.19. The van der Waals surface area contributed by atoms with Crippen molar-refractivity contribution in [3.05, 3.63) is 23.7 Å². The van der Waals surface area contributed by atoms with Crippen LogP contribution in [-0.4, -0.2) is 32.8 Å². The van der Waals surface area contributed by atoms with Gasteiger partial charge in [0.15, 0.2) is 9.84 Å². The third kappa shape index (κ3) is 4.97. The van der Waals surface area contributed by atoms with E-state index in [-0.39, 0.29) is 12.4 Å². The molecule has 1 fully saturated rings. The van der Waals surface area contributed by atoms with Crippen molar-refractivity contribution >= 4 is 15.8 Å². The van der Waals surface area contributed by atoms with Crippen LogP contribution in [0.5, 0.6) is 0 Å². The van der Waals surface area contributed by atoms with Crippen molar-refractivity contribution in [1.29, 1.82) is 0 Å². The van der Waals surface area contributed by atoms with E-state index < -0.39 is 21.6 Å². The molecule has 6 nitrogen and oxygen atoms in total. The van der Waals surface area contributed by atoms with E-state index in [4.69, 9.17) is 4.42 Å². The molecule has 1 aliphatic carbocycles. The second-order valence-electron chi connectivity index (χ2n) is 4.86. The molecule has 1 heterocycles. The molecule has 0 unspecified atom stereocenters. The number of hydrogen-bond donors (Lipinski definition) is 1. The minimum absolute atomic E-state index is 0.173. The molecule has 0 bridgehead atoms. The Morgan fingerprint density at radius 2 is 2.10 bits per heavy atom. The van der Waals surface area contributed by atoms with E-state index in [2.05, 4.69) is 10.1 Å². The van der Waals surface area contributed by atoms with Crippen molar-refractivity contribution in [1.82, 2.24) is 5.32 Å². The molecular weight excluding hydrogens is 282 g/mol. The number of carbonyl (C=O) groups is 1. The molecule has 0 aromatic carbocycles. The molecule has 1 N–H and O–H groups in total. The zero-order valence-electron chi connectivity index (χ0n) is 11.4. The van der Waals surface area contributed by atoms with Gasteiger partial charge in [0.25, 0.3) is 0 Å². The maximum Gasteiger partial charge on any atom is 0.321 e. The minimum atomic E-state index is -3.55. The fraction of sp³-hybridized carbons (Fsp3) is 0.615. The first-order valence-electron chi connectivity index (χ1n) is 6.65. The quantitative estimate of drug-likeness (QED) is 0.721. The van der Waals surface area contributed by atoms with Crippen molar-refractivity contribution in [3.8, 4) is 0 Å². The van der Waals surface area contributed by atoms with Crippen LogP contribution in [0.25, 0.3) is 0 Å². The highest BCUT2D eigenvalue weighted by molar-refractivity contribution is 7.91. The molecule has 112 valence electrons. The summed E-state index contributed by atoms with van der Waals surface area (Å²) in [6, 6.07) is 3.95. The highest BCUT2D eigenvalue weighted by Gasteiger charge is 2.22. The summed E-state index contributed by atoms with van der Waals surface area (Å²) in [7, 11) is -3.55. The van der Waals surface area contributed by atoms with Crippen LogP contribution < -0.4 is 5.32 Å². The molecule has 1 aliphatic rings. The maximum absolute atomic E-state index is 11.8. The van der Waals surface area contributed by atoms with Gasteiger partial charge in [0, 0.05) is 6.04 Å². The van der Waals surface area contributed by atoms with Crippen LogP contribution in [-0.2, 0) is 31.7 Å². The van der Waals surface area contributed by atoms with Crippen LogP contribution in [0.4, 0.5) is 0 Å². The fourth-order valence-electron chi connectivity index (χ4n) is 1.78. The van der Waals surface area contributed by atoms with Gasteiger partial charge in [-0.2, -0.15) is 0 Å². The van der Waals surface area contributed by atoms with E-state index >= 15 is 0 Å². The van der Waals surface area contributed by atoms with Crippen molar-refractivity contribution in [3.63, 3.8) is 0 Å². The van der Waals surface area contributed by atoms with Gasteiger partial charge in [-0.05, 0) is 31.9 Å². The van der Waals surface area contributed by atoms with Crippen molar-refractivity contribution in [2.45, 2.75) is 38.1 Å². The zero-order chi connectivity index (χ0) is 14.6. The van der Waals surface area contributed by atoms with E-state index in [9.17, 15) is 13.2 Å². The summed E-state index contributed by atoms with van der Waals surface area (Å²) in [5, 5.41) is 3.28. The van der Waals surface area contributed by atoms with Crippen LogP contribution in [0.2, 0.25) is 0 Å². The summed E-state index contributed by atoms with van der Waals surface area (Å²) in [6.07, 6.45) is 2.36. The Hall–Kier alpha value is -1.34. The molecule has 0 radical (unpaired) electrons. The van der Waals surface area contributed by atoms with Crippen LogP contribution >= 0.6 is 0 Å². The molecule has 0 aliphatic heterocycles. The van der Waals surface area contributed by atoms with E-state index in [0.29, 0.717) is 24.1 Å². The number of esters is 1. The molecule has 1 aromatic heterocycles. The maximum atomic E-state index is 11.8. The number of sulfone groups is 1. The molecule has 2 rings (SSSR count). The van der Waals surface area contributed by atoms with Gasteiger partial charge in [-0.3, -0.25) is 4.79 Å². The summed E-state index contributed by atoms with van der Waals surface area (Å²) in [5.74, 6) is -0.568. The summed E-state index contributed by atoms with van der Waals surface area (Å²) in [6.45, 7) is 2.41. The Kier molecular flexibility index (Phi) is 4.82. The predicted octanol–water partition coefficient (Wildman–Crippen LogP) is 1.01. The fourth-order valence-corrected chi connectivity index (χ4v) is 2.91. The summed E-state index contributed by atoms with van der Waals surface area (Å²) < 4.78 is 33.7. The average Bonchev–Trinajstić information content (AvgIpc) is 3.07. The SMILES string of the molecule is CCOC(=O)CS(=O)(=O)Cc1ccc(CNC2CC2)o1. The molecule has 0 spiro atoms. The van der Waals surface area contributed by atoms with Gasteiger partial charge in [0.1, 0.15) is 23.0 Å². The molecule has 1 saturated carbocycles. The van der Waals surface area contributed by atoms with Gasteiger partial charge in [-0.1, -0.05) is 0 Å². The number of nitrogens with one attached hydrogen (secondary N) is 1. The topological polar surface area (TPSA) is 85.6 Å². The molecule has 1 aromatic rings. The normalized spacial score (nSPS) is 15.2. The van der Waals surface area contributed by atoms with Gasteiger partial charge in [0.05, 0.1) is 13.2 Å². The minimum Gasteiger partial charge on any atom is -0.465 e. The lowest BCUT2D eigenvalue weighted by atomic mass is 10.4. The van der Waals surface area contributed by atoms with E-state index in [1.165, 1.54) is 12.8 Å². The monoisotopic (exact) mass is 301 g/mol. The van der Waals surface area contributed by atoms with Gasteiger partial charge in [-0.15, -0.1) is 0 Å². The summed E-state index contributed by atoms with van der Waals surface area (Å²) >= 11 is 0. The smallest absolute Gasteiger partial charge is 0.321 e. The van der Waals surface area contributed by atoms with Gasteiger partial charge >= 0.3 is 5.97 Å². The van der Waals surface area contributed by atoms with E-state index in [1.54, 1.807) is 19.1 Å². The number of ether oxygens (including phenoxy) is 1. The van der Waals surface area contributed by atoms with Crippen LogP contribution in [0.3, 0.4) is 0 Å². The van der Waals surface area contributed by atoms with Gasteiger partial charge in [-0.25, -0.2) is 8.42 Å². The lowest BCUT2D eigenvalue weighted by molar-refractivity contribution is -0.139. The first-order valence-corrected chi connectivity index (χ1v) is 8.47. The van der Waals surface area contributed by atoms with Gasteiger partial charge in [0.2, 0.25) is 0 Å². The Labute approximate surface area is 118 Å². The highest BCUT2D eigenvalue weighted by Crippen LogP contribution is 2.20. The number of rotatable bonds is 8. The zero-order valence-corrected chi connectivity index (χ0v) is 12.2. The van der Waals surface area contributed by atoms with Crippen molar-refractivity contribution in [2.24, 2.45) is 0 Å². The molecule has 20 heavy (non-hydrogen) atoms. The Balaban J connectivity index is 1.86. The number of furan rings is 1. The standard InChI is InChI=1S/C13H19NO5S/c1-2-18-13(15)9-20(16,17)8-12-6-5-11(19-12)7-14-10-3-4-10/h5-6,10,14H,2-4,7-9H2,1H3. The Morgan fingerprint density at radius 1 is 1.40 bits per heavy atom. The number of carbonyl (C=O) groups excluding carboxylic acids is 1. The van der Waals surface area contributed by atoms with Crippen LogP contribution in [0.1, 0.15) is 31.3 Å². The third-order valence-corrected chi connectivity index (χ3v) is 4.26. The van der Waals surface area contributed by atoms with Gasteiger partial charge < -0.3 is 14.5 Å². The molecule has 0 atom stereocenters. The molecule has 0 amide bonds. The first kappa shape index (κ1) is 15.1. The Morgan fingerprint density at radius 3 is 2.75 bits per heavy atom. The molecule has 0 saturated heterocycles. The highest BCUT2D eigenvalue weighted by atomic mass is 32.2. The summed E-state index contributed by atoms with van der Waals surface area (Å²) in [5.41, 5.74) is 0. The average molecular weight is 301 g/mol. The van der Waals surface area contributed by atoms with E-state index in [0.717, 1.165) is 0 Å². The molecule has 7 heteroatoms.